The average Bonchev–Trinajstić information content (AvgIpc) is 3.30. The Hall–Kier alpha value is -2.63. The molecule has 2 fully saturated rings. The van der Waals surface area contributed by atoms with Gasteiger partial charge < -0.3 is 19.5 Å². The summed E-state index contributed by atoms with van der Waals surface area (Å²) in [6.07, 6.45) is -5.49. The first kappa shape index (κ1) is 26.4. The Balaban J connectivity index is 1.61. The van der Waals surface area contributed by atoms with Crippen LogP contribution in [-0.4, -0.2) is 41.2 Å². The normalized spacial score (nSPS) is 29.9. The number of alkyl halides is 3. The van der Waals surface area contributed by atoms with Gasteiger partial charge in [0.1, 0.15) is 12.2 Å². The monoisotopic (exact) mass is 514 g/mol. The fourth-order valence-electron chi connectivity index (χ4n) is 4.77. The van der Waals surface area contributed by atoms with E-state index in [0.29, 0.717) is 12.3 Å². The van der Waals surface area contributed by atoms with E-state index in [1.165, 1.54) is 32.2 Å². The number of nitrogens with zero attached hydrogens (tertiary/aromatic N) is 1. The zero-order valence-corrected chi connectivity index (χ0v) is 20.4. The molecule has 2 saturated heterocycles. The molecule has 196 valence electrons. The predicted molar refractivity (Wildman–Crippen MR) is 119 cm³/mol. The fraction of sp³-hybridized carbons (Fsp3) is 0.520. The Bertz CT molecular complexity index is 1150. The van der Waals surface area contributed by atoms with Crippen molar-refractivity contribution in [1.29, 1.82) is 0 Å². The third-order valence-electron chi connectivity index (χ3n) is 7.06. The Morgan fingerprint density at radius 3 is 2.36 bits per heavy atom. The predicted octanol–water partition coefficient (Wildman–Crippen LogP) is 5.57. The van der Waals surface area contributed by atoms with E-state index in [-0.39, 0.29) is 16.8 Å². The zero-order chi connectivity index (χ0) is 26.6. The van der Waals surface area contributed by atoms with E-state index in [1.54, 1.807) is 19.9 Å². The molecule has 0 unspecified atom stereocenters. The molecule has 4 rings (SSSR count). The number of amides is 1. The number of carbonyl (C=O) groups excluding carboxylic acids is 1. The molecule has 0 spiro atoms. The molecule has 1 aromatic carbocycles. The highest BCUT2D eigenvalue weighted by molar-refractivity contribution is 5.95. The summed E-state index contributed by atoms with van der Waals surface area (Å²) >= 11 is 0. The van der Waals surface area contributed by atoms with Crippen molar-refractivity contribution in [3.05, 3.63) is 58.9 Å². The second-order valence-corrected chi connectivity index (χ2v) is 9.81. The minimum atomic E-state index is -4.81. The summed E-state index contributed by atoms with van der Waals surface area (Å²) < 4.78 is 86.7. The van der Waals surface area contributed by atoms with Gasteiger partial charge in [-0.3, -0.25) is 9.78 Å². The molecule has 1 aromatic heterocycles. The van der Waals surface area contributed by atoms with Gasteiger partial charge >= 0.3 is 6.18 Å². The van der Waals surface area contributed by atoms with Gasteiger partial charge in [-0.25, -0.2) is 8.78 Å². The number of carbonyl (C=O) groups is 1. The van der Waals surface area contributed by atoms with Gasteiger partial charge in [0.25, 0.3) is 5.91 Å². The summed E-state index contributed by atoms with van der Waals surface area (Å²) in [7, 11) is 0. The van der Waals surface area contributed by atoms with Crippen LogP contribution in [0.15, 0.2) is 30.5 Å². The number of hydrogen-bond acceptors (Lipinski definition) is 5. The number of hydrogen-bond donors (Lipinski definition) is 1. The van der Waals surface area contributed by atoms with Gasteiger partial charge in [-0.2, -0.15) is 13.2 Å². The topological polar surface area (TPSA) is 69.7 Å². The highest BCUT2D eigenvalue weighted by Crippen LogP contribution is 2.54. The minimum absolute atomic E-state index is 0.0731. The molecular formula is C25H27F5N2O4. The van der Waals surface area contributed by atoms with E-state index >= 15 is 0 Å². The maximum absolute atomic E-state index is 14.3. The lowest BCUT2D eigenvalue weighted by atomic mass is 9.76. The molecule has 6 nitrogen and oxygen atoms in total. The number of halogens is 5. The number of anilines is 1. The molecule has 5 atom stereocenters. The van der Waals surface area contributed by atoms with Gasteiger partial charge in [0, 0.05) is 11.8 Å². The van der Waals surface area contributed by atoms with Crippen LogP contribution in [0.3, 0.4) is 0 Å². The zero-order valence-electron chi connectivity index (χ0n) is 20.4. The van der Waals surface area contributed by atoms with E-state index < -0.39 is 59.1 Å². The Morgan fingerprint density at radius 1 is 1.11 bits per heavy atom. The van der Waals surface area contributed by atoms with Crippen molar-refractivity contribution in [2.45, 2.75) is 70.3 Å². The average molecular weight is 514 g/mol. The highest BCUT2D eigenvalue weighted by atomic mass is 19.4. The Kier molecular flexibility index (Phi) is 6.64. The molecule has 2 aliphatic rings. The van der Waals surface area contributed by atoms with Gasteiger partial charge in [-0.05, 0) is 57.0 Å². The molecule has 36 heavy (non-hydrogen) atoms. The molecule has 2 aliphatic heterocycles. The molecular weight excluding hydrogens is 487 g/mol. The number of nitrogens with one attached hydrogen (secondary N) is 1. The first-order valence-electron chi connectivity index (χ1n) is 11.4. The lowest BCUT2D eigenvalue weighted by molar-refractivity contribution is -0.272. The molecule has 0 saturated carbocycles. The van der Waals surface area contributed by atoms with Crippen molar-refractivity contribution in [3.63, 3.8) is 0 Å². The van der Waals surface area contributed by atoms with Gasteiger partial charge in [-0.15, -0.1) is 0 Å². The van der Waals surface area contributed by atoms with Crippen molar-refractivity contribution in [1.82, 2.24) is 4.98 Å². The first-order valence-corrected chi connectivity index (χ1v) is 11.4. The third kappa shape index (κ3) is 4.59. The van der Waals surface area contributed by atoms with Crippen LogP contribution in [0.25, 0.3) is 0 Å². The number of pyridine rings is 1. The van der Waals surface area contributed by atoms with Gasteiger partial charge in [-0.1, -0.05) is 13.0 Å². The van der Waals surface area contributed by atoms with Crippen molar-refractivity contribution in [2.24, 2.45) is 5.92 Å². The molecule has 1 N–H and O–H groups in total. The Morgan fingerprint density at radius 2 is 1.81 bits per heavy atom. The van der Waals surface area contributed by atoms with E-state index in [2.05, 4.69) is 10.3 Å². The lowest BCUT2D eigenvalue weighted by Gasteiger charge is -2.32. The molecule has 0 aliphatic carbocycles. The van der Waals surface area contributed by atoms with Crippen molar-refractivity contribution in [3.8, 4) is 0 Å². The second kappa shape index (κ2) is 9.04. The summed E-state index contributed by atoms with van der Waals surface area (Å²) in [6, 6.07) is 5.18. The van der Waals surface area contributed by atoms with Crippen molar-refractivity contribution >= 4 is 11.6 Å². The van der Waals surface area contributed by atoms with Crippen LogP contribution in [0.5, 0.6) is 0 Å². The SMILES string of the molecule is Cc1c([C@@H]2[C@@H](C(=O)Nc3ccc([C@@H]4COC(C)(C)O4)nc3)O[C@](C)(C(F)(F)F)[C@@H]2C)ccc(F)c1F. The number of ether oxygens (including phenoxy) is 3. The number of aromatic nitrogens is 1. The molecule has 3 heterocycles. The third-order valence-corrected chi connectivity index (χ3v) is 7.06. The van der Waals surface area contributed by atoms with Gasteiger partial charge in [0.05, 0.1) is 24.2 Å². The van der Waals surface area contributed by atoms with Gasteiger partial charge in [0.2, 0.25) is 0 Å². The summed E-state index contributed by atoms with van der Waals surface area (Å²) in [4.78, 5) is 17.5. The standard InChI is InChI=1S/C25H27F5N2O4/c1-12-15(7-8-16(26)20(12)27)19-13(2)24(5,25(28,29)30)36-21(19)22(33)32-14-6-9-17(31-10-14)18-11-34-23(3,4)35-18/h6-10,13,18-19,21H,11H2,1-5H3,(H,32,33)/t13-,18+,19-,21+,24+/m1/s1. The smallest absolute Gasteiger partial charge is 0.352 e. The molecule has 1 amide bonds. The van der Waals surface area contributed by atoms with Crippen LogP contribution >= 0.6 is 0 Å². The molecule has 0 radical (unpaired) electrons. The highest BCUT2D eigenvalue weighted by Gasteiger charge is 2.65. The van der Waals surface area contributed by atoms with E-state index in [0.717, 1.165) is 13.0 Å². The fourth-order valence-corrected chi connectivity index (χ4v) is 4.77. The van der Waals surface area contributed by atoms with E-state index in [1.807, 2.05) is 0 Å². The lowest BCUT2D eigenvalue weighted by Crippen LogP contribution is -2.47. The van der Waals surface area contributed by atoms with E-state index in [9.17, 15) is 26.7 Å². The van der Waals surface area contributed by atoms with Crippen LogP contribution < -0.4 is 5.32 Å². The second-order valence-electron chi connectivity index (χ2n) is 9.81. The molecule has 11 heteroatoms. The number of benzene rings is 1. The maximum Gasteiger partial charge on any atom is 0.417 e. The largest absolute Gasteiger partial charge is 0.417 e. The molecule has 2 aromatic rings. The first-order chi connectivity index (χ1) is 16.6. The summed E-state index contributed by atoms with van der Waals surface area (Å²) in [6.45, 7) is 7.23. The van der Waals surface area contributed by atoms with Crippen LogP contribution in [-0.2, 0) is 19.0 Å². The van der Waals surface area contributed by atoms with E-state index in [4.69, 9.17) is 14.2 Å². The summed E-state index contributed by atoms with van der Waals surface area (Å²) in [5.41, 5.74) is -2.01. The molecule has 0 bridgehead atoms. The van der Waals surface area contributed by atoms with Crippen molar-refractivity contribution < 1.29 is 41.0 Å². The van der Waals surface area contributed by atoms with Crippen LogP contribution in [0.2, 0.25) is 0 Å². The van der Waals surface area contributed by atoms with Crippen molar-refractivity contribution in [2.75, 3.05) is 11.9 Å². The van der Waals surface area contributed by atoms with Crippen LogP contribution in [0.4, 0.5) is 27.6 Å². The van der Waals surface area contributed by atoms with Crippen LogP contribution in [0.1, 0.15) is 56.5 Å². The number of rotatable bonds is 4. The summed E-state index contributed by atoms with van der Waals surface area (Å²) in [5.74, 6) is -6.40. The maximum atomic E-state index is 14.3. The van der Waals surface area contributed by atoms with Gasteiger partial charge in [0.15, 0.2) is 23.0 Å². The quantitative estimate of drug-likeness (QED) is 0.541. The Labute approximate surface area is 205 Å². The summed E-state index contributed by atoms with van der Waals surface area (Å²) in [5, 5.41) is 2.54. The minimum Gasteiger partial charge on any atom is -0.352 e. The van der Waals surface area contributed by atoms with Crippen LogP contribution in [0, 0.1) is 24.5 Å².